The molecule has 0 unspecified atom stereocenters. The quantitative estimate of drug-likeness (QED) is 0.213. The predicted octanol–water partition coefficient (Wildman–Crippen LogP) is 7.75. The van der Waals surface area contributed by atoms with Crippen LogP contribution in [0.3, 0.4) is 0 Å². The second-order valence-electron chi connectivity index (χ2n) is 8.39. The fourth-order valence-electron chi connectivity index (χ4n) is 3.54. The highest BCUT2D eigenvalue weighted by Crippen LogP contribution is 2.34. The Morgan fingerprint density at radius 2 is 1.80 bits per heavy atom. The maximum atomic E-state index is 13.3. The molecule has 0 bridgehead atoms. The zero-order valence-corrected chi connectivity index (χ0v) is 22.7. The Hall–Kier alpha value is -2.67. The van der Waals surface area contributed by atoms with Gasteiger partial charge in [-0.15, -0.1) is 0 Å². The first-order valence-corrected chi connectivity index (χ1v) is 12.8. The summed E-state index contributed by atoms with van der Waals surface area (Å²) in [4.78, 5) is 18.0. The Kier molecular flexibility index (Phi) is 7.95. The van der Waals surface area contributed by atoms with Crippen LogP contribution in [0, 0.1) is 6.92 Å². The molecule has 0 amide bonds. The number of benzene rings is 3. The second kappa shape index (κ2) is 10.9. The van der Waals surface area contributed by atoms with Crippen LogP contribution >= 0.6 is 39.1 Å². The zero-order chi connectivity index (χ0) is 25.1. The average Bonchev–Trinajstić information content (AvgIpc) is 2.83. The van der Waals surface area contributed by atoms with Crippen molar-refractivity contribution in [1.29, 1.82) is 0 Å². The third-order valence-corrected chi connectivity index (χ3v) is 6.79. The lowest BCUT2D eigenvalue weighted by molar-refractivity contribution is 0.306. The molecule has 3 aromatic carbocycles. The van der Waals surface area contributed by atoms with Gasteiger partial charge in [-0.3, -0.25) is 4.79 Å². The molecule has 0 spiro atoms. The molecular formula is C27H24BrCl2N3O2. The monoisotopic (exact) mass is 571 g/mol. The fraction of sp³-hybridized carbons (Fsp3) is 0.222. The maximum absolute atomic E-state index is 13.3. The van der Waals surface area contributed by atoms with Crippen LogP contribution in [0.25, 0.3) is 10.9 Å². The summed E-state index contributed by atoms with van der Waals surface area (Å²) in [6.45, 7) is 6.45. The average molecular weight is 573 g/mol. The van der Waals surface area contributed by atoms with Gasteiger partial charge in [0.2, 0.25) is 0 Å². The van der Waals surface area contributed by atoms with Crippen molar-refractivity contribution < 1.29 is 4.74 Å². The minimum absolute atomic E-state index is 0.0395. The minimum atomic E-state index is -0.238. The highest BCUT2D eigenvalue weighted by molar-refractivity contribution is 9.10. The van der Waals surface area contributed by atoms with Crippen LogP contribution in [0.4, 0.5) is 0 Å². The first kappa shape index (κ1) is 25.4. The summed E-state index contributed by atoms with van der Waals surface area (Å²) in [7, 11) is 0. The van der Waals surface area contributed by atoms with Crippen LogP contribution in [0.15, 0.2) is 69.0 Å². The summed E-state index contributed by atoms with van der Waals surface area (Å²) in [6, 6.07) is 16.9. The van der Waals surface area contributed by atoms with Crippen molar-refractivity contribution >= 4 is 56.2 Å². The first-order chi connectivity index (χ1) is 16.8. The van der Waals surface area contributed by atoms with E-state index in [0.717, 1.165) is 16.5 Å². The molecule has 35 heavy (non-hydrogen) atoms. The maximum Gasteiger partial charge on any atom is 0.282 e. The number of hydrogen-bond acceptors (Lipinski definition) is 4. The molecule has 4 rings (SSSR count). The van der Waals surface area contributed by atoms with Gasteiger partial charge in [0.05, 0.1) is 27.2 Å². The van der Waals surface area contributed by atoms with Gasteiger partial charge in [-0.2, -0.15) is 9.78 Å². The third-order valence-electron chi connectivity index (χ3n) is 5.73. The Balaban J connectivity index is 1.66. The van der Waals surface area contributed by atoms with Gasteiger partial charge in [-0.1, -0.05) is 82.8 Å². The van der Waals surface area contributed by atoms with Crippen molar-refractivity contribution in [3.05, 3.63) is 102 Å². The number of hydrogen-bond donors (Lipinski definition) is 0. The van der Waals surface area contributed by atoms with E-state index < -0.39 is 0 Å². The van der Waals surface area contributed by atoms with Gasteiger partial charge >= 0.3 is 0 Å². The third kappa shape index (κ3) is 5.77. The summed E-state index contributed by atoms with van der Waals surface area (Å²) in [6.07, 6.45) is 2.37. The second-order valence-corrected chi connectivity index (χ2v) is 10.1. The van der Waals surface area contributed by atoms with Crippen molar-refractivity contribution in [2.24, 2.45) is 5.10 Å². The Morgan fingerprint density at radius 3 is 2.46 bits per heavy atom. The number of halogens is 3. The number of aryl methyl sites for hydroxylation is 1. The molecule has 0 aliphatic rings. The molecule has 0 N–H and O–H groups in total. The van der Waals surface area contributed by atoms with Crippen LogP contribution in [-0.2, 0) is 6.61 Å². The zero-order valence-electron chi connectivity index (χ0n) is 19.6. The summed E-state index contributed by atoms with van der Waals surface area (Å²) >= 11 is 16.4. The summed E-state index contributed by atoms with van der Waals surface area (Å²) in [5.74, 6) is 1.04. The molecule has 0 radical (unpaired) electrons. The molecule has 1 heterocycles. The lowest BCUT2D eigenvalue weighted by Crippen LogP contribution is -2.23. The number of ether oxygens (including phenoxy) is 1. The van der Waals surface area contributed by atoms with Gasteiger partial charge in [-0.05, 0) is 54.8 Å². The van der Waals surface area contributed by atoms with Crippen molar-refractivity contribution in [2.45, 2.75) is 39.7 Å². The van der Waals surface area contributed by atoms with Crippen LogP contribution in [0.5, 0.6) is 5.75 Å². The van der Waals surface area contributed by atoms with Crippen molar-refractivity contribution in [2.75, 3.05) is 0 Å². The van der Waals surface area contributed by atoms with Crippen molar-refractivity contribution in [3.8, 4) is 5.75 Å². The number of aromatic nitrogens is 2. The van der Waals surface area contributed by atoms with E-state index in [1.165, 1.54) is 10.2 Å². The molecule has 180 valence electrons. The molecule has 0 fully saturated rings. The van der Waals surface area contributed by atoms with Crippen LogP contribution in [0.1, 0.15) is 48.7 Å². The molecule has 0 saturated carbocycles. The topological polar surface area (TPSA) is 56.5 Å². The summed E-state index contributed by atoms with van der Waals surface area (Å²) in [5, 5.41) is 5.69. The minimum Gasteiger partial charge on any atom is -0.486 e. The van der Waals surface area contributed by atoms with Crippen molar-refractivity contribution in [1.82, 2.24) is 9.66 Å². The lowest BCUT2D eigenvalue weighted by Gasteiger charge is -2.14. The van der Waals surface area contributed by atoms with Gasteiger partial charge < -0.3 is 4.74 Å². The molecule has 0 aliphatic carbocycles. The van der Waals surface area contributed by atoms with Gasteiger partial charge in [0.1, 0.15) is 12.4 Å². The lowest BCUT2D eigenvalue weighted by atomic mass is 10.1. The van der Waals surface area contributed by atoms with E-state index >= 15 is 0 Å². The molecule has 0 aliphatic heterocycles. The highest BCUT2D eigenvalue weighted by Gasteiger charge is 2.16. The van der Waals surface area contributed by atoms with Crippen LogP contribution in [0.2, 0.25) is 10.0 Å². The van der Waals surface area contributed by atoms with E-state index in [4.69, 9.17) is 32.9 Å². The molecule has 5 nitrogen and oxygen atoms in total. The van der Waals surface area contributed by atoms with Crippen LogP contribution < -0.4 is 10.3 Å². The Bertz CT molecular complexity index is 1440. The Morgan fingerprint density at radius 1 is 1.11 bits per heavy atom. The van der Waals surface area contributed by atoms with Gasteiger partial charge in [0.25, 0.3) is 5.56 Å². The number of rotatable bonds is 7. The first-order valence-electron chi connectivity index (χ1n) is 11.2. The van der Waals surface area contributed by atoms with E-state index in [1.807, 2.05) is 57.2 Å². The smallest absolute Gasteiger partial charge is 0.282 e. The van der Waals surface area contributed by atoms with E-state index in [-0.39, 0.29) is 11.5 Å². The molecule has 1 aromatic heterocycles. The normalized spacial score (nSPS) is 12.4. The van der Waals surface area contributed by atoms with E-state index in [2.05, 4.69) is 21.0 Å². The molecule has 8 heteroatoms. The van der Waals surface area contributed by atoms with Gasteiger partial charge in [0, 0.05) is 10.4 Å². The van der Waals surface area contributed by atoms with Gasteiger partial charge in [-0.25, -0.2) is 4.98 Å². The SMILES string of the molecule is CC[C@@H](C)c1nc2ccc(Br)cc2c(=O)n1N=Cc1cc(Cl)c(OCc2ccc(C)cc2)c(Cl)c1. The number of nitrogens with zero attached hydrogens (tertiary/aromatic N) is 3. The van der Waals surface area contributed by atoms with Crippen LogP contribution in [-0.4, -0.2) is 15.9 Å². The molecule has 1 atom stereocenters. The largest absolute Gasteiger partial charge is 0.486 e. The standard InChI is InChI=1S/C27H24BrCl2N3O2/c1-4-17(3)26-32-24-10-9-20(28)13-21(24)27(34)33(26)31-14-19-11-22(29)25(23(30)12-19)35-15-18-7-5-16(2)6-8-18/h5-14,17H,4,15H2,1-3H3/t17-/m1/s1. The van der Waals surface area contributed by atoms with E-state index in [0.29, 0.717) is 44.7 Å². The molecular weight excluding hydrogens is 549 g/mol. The van der Waals surface area contributed by atoms with Gasteiger partial charge in [0.15, 0.2) is 5.75 Å². The molecule has 4 aromatic rings. The molecule has 0 saturated heterocycles. The van der Waals surface area contributed by atoms with E-state index in [1.54, 1.807) is 24.4 Å². The fourth-order valence-corrected chi connectivity index (χ4v) is 4.51. The summed E-state index contributed by atoms with van der Waals surface area (Å²) < 4.78 is 8.03. The number of fused-ring (bicyclic) bond motifs is 1. The summed E-state index contributed by atoms with van der Waals surface area (Å²) in [5.41, 5.74) is 3.23. The Labute approximate surface area is 222 Å². The van der Waals surface area contributed by atoms with E-state index in [9.17, 15) is 4.79 Å². The predicted molar refractivity (Wildman–Crippen MR) is 147 cm³/mol. The van der Waals surface area contributed by atoms with Crippen molar-refractivity contribution in [3.63, 3.8) is 0 Å². The highest BCUT2D eigenvalue weighted by atomic mass is 79.9.